The van der Waals surface area contributed by atoms with Crippen LogP contribution in [0.25, 0.3) is 0 Å². The van der Waals surface area contributed by atoms with Gasteiger partial charge in [0, 0.05) is 50.7 Å². The van der Waals surface area contributed by atoms with Gasteiger partial charge in [-0.05, 0) is 31.9 Å². The molecule has 0 aliphatic carbocycles. The van der Waals surface area contributed by atoms with E-state index in [0.29, 0.717) is 19.1 Å². The molecule has 1 N–H and O–H groups in total. The van der Waals surface area contributed by atoms with E-state index in [2.05, 4.69) is 52.5 Å². The predicted molar refractivity (Wildman–Crippen MR) is 120 cm³/mol. The van der Waals surface area contributed by atoms with Crippen molar-refractivity contribution in [3.63, 3.8) is 0 Å². The highest BCUT2D eigenvalue weighted by molar-refractivity contribution is 5.90. The van der Waals surface area contributed by atoms with Gasteiger partial charge in [-0.25, -0.2) is 0 Å². The average molecular weight is 415 g/mol. The molecule has 1 aromatic carbocycles. The van der Waals surface area contributed by atoms with Crippen LogP contribution in [0.1, 0.15) is 51.6 Å². The van der Waals surface area contributed by atoms with E-state index in [4.69, 9.17) is 0 Å². The highest BCUT2D eigenvalue weighted by Crippen LogP contribution is 2.26. The quantitative estimate of drug-likeness (QED) is 0.727. The molecular weight excluding hydrogens is 376 g/mol. The van der Waals surface area contributed by atoms with E-state index in [1.807, 2.05) is 20.8 Å². The fraction of sp³-hybridized carbons (Fsp3) is 0.667. The van der Waals surface area contributed by atoms with Crippen molar-refractivity contribution < 1.29 is 9.59 Å². The second-order valence-electron chi connectivity index (χ2n) is 9.78. The minimum atomic E-state index is -0.448. The first-order valence-corrected chi connectivity index (χ1v) is 11.3. The second kappa shape index (κ2) is 9.92. The van der Waals surface area contributed by atoms with Gasteiger partial charge in [0.15, 0.2) is 0 Å². The maximum Gasteiger partial charge on any atom is 0.242 e. The summed E-state index contributed by atoms with van der Waals surface area (Å²) < 4.78 is 0. The van der Waals surface area contributed by atoms with Crippen LogP contribution in [-0.4, -0.2) is 78.9 Å². The topological polar surface area (TPSA) is 55.9 Å². The number of benzene rings is 1. The Morgan fingerprint density at radius 1 is 1.10 bits per heavy atom. The summed E-state index contributed by atoms with van der Waals surface area (Å²) >= 11 is 0. The molecule has 6 heteroatoms. The van der Waals surface area contributed by atoms with Crippen LogP contribution in [0.3, 0.4) is 0 Å². The van der Waals surface area contributed by atoms with Crippen LogP contribution in [0.15, 0.2) is 30.3 Å². The smallest absolute Gasteiger partial charge is 0.242 e. The zero-order chi connectivity index (χ0) is 21.7. The first kappa shape index (κ1) is 22.8. The van der Waals surface area contributed by atoms with Crippen LogP contribution < -0.4 is 5.32 Å². The Bertz CT molecular complexity index is 716. The Morgan fingerprint density at radius 2 is 1.83 bits per heavy atom. The molecule has 0 aromatic heterocycles. The van der Waals surface area contributed by atoms with Crippen molar-refractivity contribution in [1.29, 1.82) is 0 Å². The van der Waals surface area contributed by atoms with Crippen molar-refractivity contribution in [3.8, 4) is 0 Å². The molecule has 2 atom stereocenters. The Hall–Kier alpha value is -1.92. The maximum absolute atomic E-state index is 12.7. The van der Waals surface area contributed by atoms with Gasteiger partial charge in [-0.3, -0.25) is 14.5 Å². The van der Waals surface area contributed by atoms with E-state index in [1.165, 1.54) is 5.56 Å². The summed E-state index contributed by atoms with van der Waals surface area (Å²) in [5, 5.41) is 3.09. The lowest BCUT2D eigenvalue weighted by atomic mass is 9.94. The first-order valence-electron chi connectivity index (χ1n) is 11.3. The molecule has 2 heterocycles. The highest BCUT2D eigenvalue weighted by Gasteiger charge is 2.38. The molecule has 6 nitrogen and oxygen atoms in total. The van der Waals surface area contributed by atoms with Gasteiger partial charge in [-0.15, -0.1) is 0 Å². The number of nitrogens with zero attached hydrogens (tertiary/aromatic N) is 3. The van der Waals surface area contributed by atoms with Crippen LogP contribution in [0.5, 0.6) is 0 Å². The highest BCUT2D eigenvalue weighted by atomic mass is 16.2. The molecule has 2 saturated heterocycles. The van der Waals surface area contributed by atoms with Crippen LogP contribution in [0.2, 0.25) is 0 Å². The normalized spacial score (nSPS) is 23.5. The lowest BCUT2D eigenvalue weighted by molar-refractivity contribution is -0.144. The summed E-state index contributed by atoms with van der Waals surface area (Å²) in [6.07, 6.45) is 2.58. The lowest BCUT2D eigenvalue weighted by Crippen LogP contribution is -2.50. The monoisotopic (exact) mass is 414 g/mol. The van der Waals surface area contributed by atoms with E-state index in [1.54, 1.807) is 4.90 Å². The number of carbonyl (C=O) groups excluding carboxylic acids is 2. The van der Waals surface area contributed by atoms with Gasteiger partial charge >= 0.3 is 0 Å². The molecule has 2 amide bonds. The molecule has 0 saturated carbocycles. The number of likely N-dealkylation sites (tertiary alicyclic amines) is 1. The molecule has 30 heavy (non-hydrogen) atoms. The molecule has 0 radical (unpaired) electrons. The predicted octanol–water partition coefficient (Wildman–Crippen LogP) is 2.52. The Balaban J connectivity index is 1.49. The maximum atomic E-state index is 12.7. The zero-order valence-corrected chi connectivity index (χ0v) is 19.1. The minimum Gasteiger partial charge on any atom is -0.354 e. The van der Waals surface area contributed by atoms with Crippen LogP contribution >= 0.6 is 0 Å². The Morgan fingerprint density at radius 3 is 2.53 bits per heavy atom. The summed E-state index contributed by atoms with van der Waals surface area (Å²) in [6.45, 7) is 11.2. The van der Waals surface area contributed by atoms with Gasteiger partial charge in [-0.1, -0.05) is 51.1 Å². The number of likely N-dealkylation sites (N-methyl/N-ethyl adjacent to an activating group) is 1. The molecule has 2 aliphatic rings. The molecule has 2 unspecified atom stereocenters. The van der Waals surface area contributed by atoms with Crippen LogP contribution in [0, 0.1) is 5.41 Å². The molecular formula is C24H38N4O2. The number of amides is 2. The number of nitrogens with one attached hydrogen (secondary N) is 1. The third-order valence-electron chi connectivity index (χ3n) is 6.26. The largest absolute Gasteiger partial charge is 0.354 e. The van der Waals surface area contributed by atoms with Gasteiger partial charge in [0.25, 0.3) is 0 Å². The van der Waals surface area contributed by atoms with Gasteiger partial charge < -0.3 is 15.1 Å². The molecule has 2 fully saturated rings. The Kier molecular flexibility index (Phi) is 7.53. The van der Waals surface area contributed by atoms with Crippen LogP contribution in [0.4, 0.5) is 0 Å². The molecule has 0 spiro atoms. The number of hydrogen-bond donors (Lipinski definition) is 1. The summed E-state index contributed by atoms with van der Waals surface area (Å²) in [5.41, 5.74) is 0.909. The molecule has 166 valence electrons. The fourth-order valence-corrected chi connectivity index (χ4v) is 4.54. The summed E-state index contributed by atoms with van der Waals surface area (Å²) in [4.78, 5) is 32.1. The van der Waals surface area contributed by atoms with Gasteiger partial charge in [0.1, 0.15) is 6.04 Å². The summed E-state index contributed by atoms with van der Waals surface area (Å²) in [7, 11) is 2.18. The first-order chi connectivity index (χ1) is 14.3. The van der Waals surface area contributed by atoms with Crippen molar-refractivity contribution >= 4 is 11.8 Å². The Labute approximate surface area is 181 Å². The van der Waals surface area contributed by atoms with Gasteiger partial charge in [0.2, 0.25) is 11.8 Å². The second-order valence-corrected chi connectivity index (χ2v) is 9.78. The van der Waals surface area contributed by atoms with E-state index >= 15 is 0 Å². The van der Waals surface area contributed by atoms with Gasteiger partial charge in [-0.2, -0.15) is 0 Å². The van der Waals surface area contributed by atoms with Crippen molar-refractivity contribution in [2.24, 2.45) is 5.41 Å². The fourth-order valence-electron chi connectivity index (χ4n) is 4.54. The third-order valence-corrected chi connectivity index (χ3v) is 6.26. The average Bonchev–Trinajstić information content (AvgIpc) is 3.21. The van der Waals surface area contributed by atoms with Crippen molar-refractivity contribution in [1.82, 2.24) is 20.0 Å². The van der Waals surface area contributed by atoms with Crippen molar-refractivity contribution in [3.05, 3.63) is 35.9 Å². The number of carbonyl (C=O) groups is 2. The molecule has 1 aromatic rings. The van der Waals surface area contributed by atoms with Crippen molar-refractivity contribution in [2.75, 3.05) is 46.3 Å². The molecule has 0 bridgehead atoms. The molecule has 3 rings (SSSR count). The lowest BCUT2D eigenvalue weighted by Gasteiger charge is -2.40. The summed E-state index contributed by atoms with van der Waals surface area (Å²) in [5.74, 6) is 0.0753. The van der Waals surface area contributed by atoms with E-state index in [-0.39, 0.29) is 17.9 Å². The van der Waals surface area contributed by atoms with E-state index in [0.717, 1.165) is 45.4 Å². The standard InChI is InChI=1S/C24H38N4O2/c1-24(2,3)23(30)28-15-8-12-20(28)22(29)25-13-9-14-27-17-16-26(4)18-21(27)19-10-6-5-7-11-19/h5-7,10-11,20-21H,8-9,12-18H2,1-4H3,(H,25,29). The zero-order valence-electron chi connectivity index (χ0n) is 19.1. The van der Waals surface area contributed by atoms with E-state index in [9.17, 15) is 9.59 Å². The number of hydrogen-bond acceptors (Lipinski definition) is 4. The van der Waals surface area contributed by atoms with Crippen LogP contribution in [-0.2, 0) is 9.59 Å². The molecule has 2 aliphatic heterocycles. The number of piperazine rings is 1. The SMILES string of the molecule is CN1CCN(CCCNC(=O)C2CCCN2C(=O)C(C)(C)C)C(c2ccccc2)C1. The van der Waals surface area contributed by atoms with E-state index < -0.39 is 5.41 Å². The third kappa shape index (κ3) is 5.61. The van der Waals surface area contributed by atoms with Crippen molar-refractivity contribution in [2.45, 2.75) is 52.1 Å². The number of rotatable bonds is 6. The summed E-state index contributed by atoms with van der Waals surface area (Å²) in [6, 6.07) is 10.8. The minimum absolute atomic E-state index is 0.00286. The van der Waals surface area contributed by atoms with Gasteiger partial charge in [0.05, 0.1) is 0 Å².